The maximum Gasteiger partial charge on any atom is 0.298 e. The molecule has 0 radical (unpaired) electrons. The summed E-state index contributed by atoms with van der Waals surface area (Å²) in [6.45, 7) is 8.26. The Morgan fingerprint density at radius 1 is 1.42 bits per heavy atom. The predicted molar refractivity (Wildman–Crippen MR) is 99.6 cm³/mol. The van der Waals surface area contributed by atoms with Gasteiger partial charge in [0.1, 0.15) is 11.3 Å². The van der Waals surface area contributed by atoms with Gasteiger partial charge in [0, 0.05) is 32.1 Å². The number of rotatable bonds is 7. The monoisotopic (exact) mass is 361 g/mol. The van der Waals surface area contributed by atoms with Gasteiger partial charge in [-0.3, -0.25) is 4.79 Å². The standard InChI is InChI=1S/C19H27N3O4/c1-4-24-16-5-6-17-18(11-16)26-19(21-17)22-9-7-15(8-10-22)25-12-13(2)20-14(3)23/h5-6,11,13,15H,4,7-10,12H2,1-3H3,(H,20,23)/t13-/m0/s1. The summed E-state index contributed by atoms with van der Waals surface area (Å²) in [5, 5.41) is 2.84. The van der Waals surface area contributed by atoms with Gasteiger partial charge in [0.05, 0.1) is 19.3 Å². The molecule has 1 aliphatic rings. The van der Waals surface area contributed by atoms with Crippen LogP contribution in [0.5, 0.6) is 5.75 Å². The highest BCUT2D eigenvalue weighted by atomic mass is 16.5. The molecular formula is C19H27N3O4. The van der Waals surface area contributed by atoms with Gasteiger partial charge in [-0.25, -0.2) is 0 Å². The molecule has 2 aromatic rings. The van der Waals surface area contributed by atoms with Gasteiger partial charge in [0.25, 0.3) is 6.01 Å². The van der Waals surface area contributed by atoms with Crippen LogP contribution in [0.1, 0.15) is 33.6 Å². The summed E-state index contributed by atoms with van der Waals surface area (Å²) < 4.78 is 17.3. The van der Waals surface area contributed by atoms with E-state index in [0.29, 0.717) is 19.2 Å². The van der Waals surface area contributed by atoms with E-state index in [0.717, 1.165) is 42.8 Å². The molecule has 1 fully saturated rings. The Labute approximate surface area is 153 Å². The van der Waals surface area contributed by atoms with Gasteiger partial charge in [-0.1, -0.05) is 0 Å². The van der Waals surface area contributed by atoms with E-state index in [1.54, 1.807) is 0 Å². The van der Waals surface area contributed by atoms with Gasteiger partial charge in [0.15, 0.2) is 5.58 Å². The highest BCUT2D eigenvalue weighted by Crippen LogP contribution is 2.27. The van der Waals surface area contributed by atoms with E-state index in [4.69, 9.17) is 13.9 Å². The van der Waals surface area contributed by atoms with E-state index in [-0.39, 0.29) is 18.1 Å². The van der Waals surface area contributed by atoms with Gasteiger partial charge in [-0.15, -0.1) is 0 Å². The third-order valence-electron chi connectivity index (χ3n) is 4.40. The van der Waals surface area contributed by atoms with Crippen molar-refractivity contribution in [1.29, 1.82) is 0 Å². The predicted octanol–water partition coefficient (Wildman–Crippen LogP) is 2.74. The van der Waals surface area contributed by atoms with E-state index in [1.807, 2.05) is 32.0 Å². The summed E-state index contributed by atoms with van der Waals surface area (Å²) >= 11 is 0. The Kier molecular flexibility index (Phi) is 5.98. The number of nitrogens with one attached hydrogen (secondary N) is 1. The minimum Gasteiger partial charge on any atom is -0.494 e. The van der Waals surface area contributed by atoms with Crippen molar-refractivity contribution in [2.24, 2.45) is 0 Å². The van der Waals surface area contributed by atoms with Crippen LogP contribution in [0.15, 0.2) is 22.6 Å². The third kappa shape index (κ3) is 4.66. The van der Waals surface area contributed by atoms with Crippen LogP contribution < -0.4 is 15.0 Å². The number of carbonyl (C=O) groups is 1. The Morgan fingerprint density at radius 3 is 2.88 bits per heavy atom. The number of benzene rings is 1. The van der Waals surface area contributed by atoms with Crippen molar-refractivity contribution in [2.75, 3.05) is 31.2 Å². The van der Waals surface area contributed by atoms with Crippen LogP contribution >= 0.6 is 0 Å². The van der Waals surface area contributed by atoms with Crippen molar-refractivity contribution in [1.82, 2.24) is 10.3 Å². The number of nitrogens with zero attached hydrogens (tertiary/aromatic N) is 2. The second-order valence-electron chi connectivity index (χ2n) is 6.68. The number of aromatic nitrogens is 1. The lowest BCUT2D eigenvalue weighted by molar-refractivity contribution is -0.120. The highest BCUT2D eigenvalue weighted by Gasteiger charge is 2.23. The molecule has 0 unspecified atom stereocenters. The molecule has 1 aromatic heterocycles. The first-order chi connectivity index (χ1) is 12.5. The average molecular weight is 361 g/mol. The summed E-state index contributed by atoms with van der Waals surface area (Å²) in [5.74, 6) is 0.766. The lowest BCUT2D eigenvalue weighted by Crippen LogP contribution is -2.40. The summed E-state index contributed by atoms with van der Waals surface area (Å²) in [5.41, 5.74) is 1.58. The largest absolute Gasteiger partial charge is 0.494 e. The van der Waals surface area contributed by atoms with Crippen molar-refractivity contribution in [3.63, 3.8) is 0 Å². The Balaban J connectivity index is 1.53. The number of fused-ring (bicyclic) bond motifs is 1. The summed E-state index contributed by atoms with van der Waals surface area (Å²) in [6.07, 6.45) is 2.03. The summed E-state index contributed by atoms with van der Waals surface area (Å²) in [6, 6.07) is 6.40. The molecule has 1 aromatic carbocycles. The number of carbonyl (C=O) groups excluding carboxylic acids is 1. The van der Waals surface area contributed by atoms with E-state index in [1.165, 1.54) is 6.92 Å². The Bertz CT molecular complexity index is 737. The van der Waals surface area contributed by atoms with Gasteiger partial charge in [0.2, 0.25) is 5.91 Å². The maximum atomic E-state index is 11.0. The van der Waals surface area contributed by atoms with Crippen molar-refractivity contribution < 1.29 is 18.7 Å². The molecule has 0 aliphatic carbocycles. The number of oxazole rings is 1. The molecule has 0 spiro atoms. The topological polar surface area (TPSA) is 76.8 Å². The fourth-order valence-corrected chi connectivity index (χ4v) is 3.17. The molecule has 3 rings (SSSR count). The maximum absolute atomic E-state index is 11.0. The number of hydrogen-bond donors (Lipinski definition) is 1. The minimum atomic E-state index is -0.0284. The summed E-state index contributed by atoms with van der Waals surface area (Å²) in [4.78, 5) is 17.8. The van der Waals surface area contributed by atoms with Gasteiger partial charge >= 0.3 is 0 Å². The van der Waals surface area contributed by atoms with Crippen LogP contribution in [-0.4, -0.2) is 49.3 Å². The van der Waals surface area contributed by atoms with E-state index < -0.39 is 0 Å². The van der Waals surface area contributed by atoms with Gasteiger partial charge in [-0.05, 0) is 38.8 Å². The summed E-state index contributed by atoms with van der Waals surface area (Å²) in [7, 11) is 0. The molecule has 1 amide bonds. The van der Waals surface area contributed by atoms with Crippen molar-refractivity contribution in [3.8, 4) is 5.75 Å². The van der Waals surface area contributed by atoms with Crippen LogP contribution in [0.4, 0.5) is 6.01 Å². The van der Waals surface area contributed by atoms with Crippen molar-refractivity contribution in [3.05, 3.63) is 18.2 Å². The third-order valence-corrected chi connectivity index (χ3v) is 4.40. The lowest BCUT2D eigenvalue weighted by Gasteiger charge is -2.31. The fraction of sp³-hybridized carbons (Fsp3) is 0.579. The van der Waals surface area contributed by atoms with Crippen LogP contribution in [0.25, 0.3) is 11.1 Å². The normalized spacial score (nSPS) is 16.7. The van der Waals surface area contributed by atoms with E-state index in [2.05, 4.69) is 15.2 Å². The smallest absolute Gasteiger partial charge is 0.298 e. The van der Waals surface area contributed by atoms with Crippen LogP contribution in [0.2, 0.25) is 0 Å². The molecule has 2 heterocycles. The number of amides is 1. The van der Waals surface area contributed by atoms with E-state index >= 15 is 0 Å². The van der Waals surface area contributed by atoms with Gasteiger partial charge < -0.3 is 24.1 Å². The quantitative estimate of drug-likeness (QED) is 0.817. The molecular weight excluding hydrogens is 334 g/mol. The van der Waals surface area contributed by atoms with Gasteiger partial charge in [-0.2, -0.15) is 4.98 Å². The van der Waals surface area contributed by atoms with Crippen LogP contribution in [0, 0.1) is 0 Å². The van der Waals surface area contributed by atoms with Crippen LogP contribution in [0.3, 0.4) is 0 Å². The number of piperidine rings is 1. The molecule has 1 N–H and O–H groups in total. The molecule has 26 heavy (non-hydrogen) atoms. The molecule has 7 heteroatoms. The first kappa shape index (κ1) is 18.5. The average Bonchev–Trinajstić information content (AvgIpc) is 3.03. The number of ether oxygens (including phenoxy) is 2. The van der Waals surface area contributed by atoms with Crippen molar-refractivity contribution in [2.45, 2.75) is 45.8 Å². The molecule has 0 saturated carbocycles. The van der Waals surface area contributed by atoms with E-state index in [9.17, 15) is 4.79 Å². The first-order valence-corrected chi connectivity index (χ1v) is 9.22. The fourth-order valence-electron chi connectivity index (χ4n) is 3.17. The zero-order valence-corrected chi connectivity index (χ0v) is 15.7. The number of anilines is 1. The second kappa shape index (κ2) is 8.40. The Hall–Kier alpha value is -2.28. The van der Waals surface area contributed by atoms with Crippen molar-refractivity contribution >= 4 is 23.0 Å². The molecule has 1 saturated heterocycles. The first-order valence-electron chi connectivity index (χ1n) is 9.22. The lowest BCUT2D eigenvalue weighted by atomic mass is 10.1. The minimum absolute atomic E-state index is 0.0284. The molecule has 7 nitrogen and oxygen atoms in total. The molecule has 1 atom stereocenters. The number of hydrogen-bond acceptors (Lipinski definition) is 6. The molecule has 0 bridgehead atoms. The zero-order valence-electron chi connectivity index (χ0n) is 15.7. The zero-order chi connectivity index (χ0) is 18.5. The highest BCUT2D eigenvalue weighted by molar-refractivity contribution is 5.76. The molecule has 142 valence electrons. The second-order valence-corrected chi connectivity index (χ2v) is 6.68. The van der Waals surface area contributed by atoms with Crippen LogP contribution in [-0.2, 0) is 9.53 Å². The SMILES string of the molecule is CCOc1ccc2nc(N3CCC(OC[C@H](C)NC(C)=O)CC3)oc2c1. The Morgan fingerprint density at radius 2 is 2.19 bits per heavy atom. The molecule has 1 aliphatic heterocycles.